The molecule has 1 fully saturated rings. The molecule has 134 valence electrons. The van der Waals surface area contributed by atoms with E-state index in [9.17, 15) is 13.9 Å². The van der Waals surface area contributed by atoms with E-state index < -0.39 is 0 Å². The number of hydrogen-bond donors (Lipinski definition) is 1. The summed E-state index contributed by atoms with van der Waals surface area (Å²) in [5.74, 6) is -0.372. The van der Waals surface area contributed by atoms with Crippen LogP contribution in [0.2, 0.25) is 0 Å². The Morgan fingerprint density at radius 1 is 0.960 bits per heavy atom. The Kier molecular flexibility index (Phi) is 6.16. The molecule has 1 heterocycles. The third-order valence-electron chi connectivity index (χ3n) is 4.99. The third kappa shape index (κ3) is 5.10. The van der Waals surface area contributed by atoms with Crippen LogP contribution >= 0.6 is 0 Å². The summed E-state index contributed by atoms with van der Waals surface area (Å²) in [6.45, 7) is 2.72. The Hall–Kier alpha value is -1.78. The van der Waals surface area contributed by atoms with Gasteiger partial charge in [-0.15, -0.1) is 0 Å². The zero-order chi connectivity index (χ0) is 17.6. The Morgan fingerprint density at radius 3 is 2.04 bits per heavy atom. The van der Waals surface area contributed by atoms with Crippen molar-refractivity contribution in [2.75, 3.05) is 19.6 Å². The minimum atomic E-state index is -0.246. The molecular formula is C21H25F2NO. The average molecular weight is 345 g/mol. The molecule has 0 saturated carbocycles. The maximum atomic E-state index is 13.3. The van der Waals surface area contributed by atoms with Crippen LogP contribution in [0.15, 0.2) is 48.5 Å². The number of likely N-dealkylation sites (tertiary alicyclic amines) is 1. The molecule has 0 aromatic heterocycles. The average Bonchev–Trinajstić information content (AvgIpc) is 2.61. The molecule has 0 amide bonds. The molecule has 0 aliphatic carbocycles. The summed E-state index contributed by atoms with van der Waals surface area (Å²) in [6.07, 6.45) is 3.61. The van der Waals surface area contributed by atoms with E-state index in [1.54, 1.807) is 0 Å². The van der Waals surface area contributed by atoms with Crippen molar-refractivity contribution in [2.24, 2.45) is 0 Å². The molecular weight excluding hydrogens is 320 g/mol. The van der Waals surface area contributed by atoms with E-state index in [-0.39, 0.29) is 23.7 Å². The topological polar surface area (TPSA) is 23.5 Å². The second-order valence-corrected chi connectivity index (χ2v) is 6.89. The molecule has 25 heavy (non-hydrogen) atoms. The Labute approximate surface area is 148 Å². The normalized spacial score (nSPS) is 18.6. The van der Waals surface area contributed by atoms with Crippen molar-refractivity contribution in [3.8, 4) is 0 Å². The molecule has 1 saturated heterocycles. The van der Waals surface area contributed by atoms with Gasteiger partial charge in [0.1, 0.15) is 11.6 Å². The van der Waals surface area contributed by atoms with Crippen LogP contribution in [0.3, 0.4) is 0 Å². The van der Waals surface area contributed by atoms with Gasteiger partial charge in [-0.25, -0.2) is 8.78 Å². The largest absolute Gasteiger partial charge is 0.392 e. The van der Waals surface area contributed by atoms with Crippen LogP contribution in [0.25, 0.3) is 0 Å². The molecule has 2 nitrogen and oxygen atoms in total. The first-order valence-electron chi connectivity index (χ1n) is 9.03. The quantitative estimate of drug-likeness (QED) is 0.842. The molecule has 1 unspecified atom stereocenters. The van der Waals surface area contributed by atoms with Crippen molar-refractivity contribution < 1.29 is 13.9 Å². The van der Waals surface area contributed by atoms with Crippen molar-refractivity contribution in [3.05, 3.63) is 71.3 Å². The highest BCUT2D eigenvalue weighted by Gasteiger charge is 2.19. The van der Waals surface area contributed by atoms with Crippen LogP contribution in [-0.2, 0) is 0 Å². The van der Waals surface area contributed by atoms with Gasteiger partial charge >= 0.3 is 0 Å². The summed E-state index contributed by atoms with van der Waals surface area (Å²) in [7, 11) is 0. The monoisotopic (exact) mass is 345 g/mol. The van der Waals surface area contributed by atoms with Gasteiger partial charge in [-0.05, 0) is 74.2 Å². The van der Waals surface area contributed by atoms with Gasteiger partial charge in [-0.3, -0.25) is 0 Å². The van der Waals surface area contributed by atoms with Crippen molar-refractivity contribution in [1.82, 2.24) is 4.90 Å². The van der Waals surface area contributed by atoms with E-state index in [4.69, 9.17) is 0 Å². The predicted octanol–water partition coefficient (Wildman–Crippen LogP) is 4.33. The fraction of sp³-hybridized carbons (Fsp3) is 0.429. The summed E-state index contributed by atoms with van der Waals surface area (Å²) in [6, 6.07) is 13.2. The summed E-state index contributed by atoms with van der Waals surface area (Å²) in [5.41, 5.74) is 2.10. The maximum absolute atomic E-state index is 13.3. The third-order valence-corrected chi connectivity index (χ3v) is 4.99. The Bertz CT molecular complexity index is 611. The SMILES string of the molecule is OC1CCCN(CCCC(c2ccc(F)cc2)c2ccc(F)cc2)C1. The lowest BCUT2D eigenvalue weighted by atomic mass is 9.87. The van der Waals surface area contributed by atoms with Gasteiger partial charge < -0.3 is 10.0 Å². The number of hydrogen-bond acceptors (Lipinski definition) is 2. The lowest BCUT2D eigenvalue weighted by molar-refractivity contribution is 0.0697. The number of nitrogens with zero attached hydrogens (tertiary/aromatic N) is 1. The van der Waals surface area contributed by atoms with E-state index in [1.165, 1.54) is 24.3 Å². The second-order valence-electron chi connectivity index (χ2n) is 6.89. The van der Waals surface area contributed by atoms with E-state index >= 15 is 0 Å². The van der Waals surface area contributed by atoms with Gasteiger partial charge in [-0.2, -0.15) is 0 Å². The molecule has 1 aliphatic rings. The summed E-state index contributed by atoms with van der Waals surface area (Å²) < 4.78 is 26.5. The van der Waals surface area contributed by atoms with Crippen molar-refractivity contribution in [1.29, 1.82) is 0 Å². The zero-order valence-corrected chi connectivity index (χ0v) is 14.4. The highest BCUT2D eigenvalue weighted by atomic mass is 19.1. The van der Waals surface area contributed by atoms with E-state index in [1.807, 2.05) is 24.3 Å². The first kappa shape index (κ1) is 18.0. The van der Waals surface area contributed by atoms with Crippen LogP contribution < -0.4 is 0 Å². The van der Waals surface area contributed by atoms with Crippen LogP contribution in [0, 0.1) is 11.6 Å². The van der Waals surface area contributed by atoms with Gasteiger partial charge in [-0.1, -0.05) is 24.3 Å². The number of halogens is 2. The molecule has 0 radical (unpaired) electrons. The van der Waals surface area contributed by atoms with Crippen LogP contribution in [0.1, 0.15) is 42.7 Å². The highest BCUT2D eigenvalue weighted by molar-refractivity contribution is 5.32. The van der Waals surface area contributed by atoms with E-state index in [0.717, 1.165) is 56.4 Å². The molecule has 1 aliphatic heterocycles. The first-order valence-corrected chi connectivity index (χ1v) is 9.03. The summed E-state index contributed by atoms with van der Waals surface area (Å²) in [5, 5.41) is 9.78. The van der Waals surface area contributed by atoms with E-state index in [2.05, 4.69) is 4.90 Å². The minimum absolute atomic E-state index is 0.121. The smallest absolute Gasteiger partial charge is 0.123 e. The number of piperidine rings is 1. The molecule has 3 rings (SSSR count). The molecule has 2 aromatic carbocycles. The fourth-order valence-electron chi connectivity index (χ4n) is 3.67. The van der Waals surface area contributed by atoms with Crippen LogP contribution in [-0.4, -0.2) is 35.7 Å². The lowest BCUT2D eigenvalue weighted by Gasteiger charge is -2.30. The second kappa shape index (κ2) is 8.54. The Balaban J connectivity index is 1.68. The highest BCUT2D eigenvalue weighted by Crippen LogP contribution is 2.30. The van der Waals surface area contributed by atoms with Crippen molar-refractivity contribution in [2.45, 2.75) is 37.7 Å². The number of benzene rings is 2. The molecule has 0 spiro atoms. The maximum Gasteiger partial charge on any atom is 0.123 e. The van der Waals surface area contributed by atoms with Crippen LogP contribution in [0.4, 0.5) is 8.78 Å². The number of aliphatic hydroxyl groups is 1. The van der Waals surface area contributed by atoms with Crippen molar-refractivity contribution >= 4 is 0 Å². The number of β-amino-alcohol motifs (C(OH)–C–C–N with tert-alkyl or cyclic N) is 1. The van der Waals surface area contributed by atoms with Crippen molar-refractivity contribution in [3.63, 3.8) is 0 Å². The van der Waals surface area contributed by atoms with Gasteiger partial charge in [0.05, 0.1) is 6.10 Å². The zero-order valence-electron chi connectivity index (χ0n) is 14.4. The van der Waals surface area contributed by atoms with Gasteiger partial charge in [0, 0.05) is 12.5 Å². The standard InChI is InChI=1S/C21H25F2NO/c22-18-9-5-16(6-10-18)21(17-7-11-19(23)12-8-17)4-2-14-24-13-1-3-20(25)15-24/h5-12,20-21,25H,1-4,13-15H2. The summed E-state index contributed by atoms with van der Waals surface area (Å²) >= 11 is 0. The molecule has 4 heteroatoms. The molecule has 0 bridgehead atoms. The molecule has 1 atom stereocenters. The lowest BCUT2D eigenvalue weighted by Crippen LogP contribution is -2.38. The van der Waals surface area contributed by atoms with Gasteiger partial charge in [0.2, 0.25) is 0 Å². The predicted molar refractivity (Wildman–Crippen MR) is 95.6 cm³/mol. The molecule has 2 aromatic rings. The van der Waals surface area contributed by atoms with Gasteiger partial charge in [0.25, 0.3) is 0 Å². The van der Waals surface area contributed by atoms with Gasteiger partial charge in [0.15, 0.2) is 0 Å². The number of aliphatic hydroxyl groups excluding tert-OH is 1. The molecule has 1 N–H and O–H groups in total. The van der Waals surface area contributed by atoms with Crippen LogP contribution in [0.5, 0.6) is 0 Å². The summed E-state index contributed by atoms with van der Waals surface area (Å²) in [4.78, 5) is 2.31. The fourth-order valence-corrected chi connectivity index (χ4v) is 3.67. The first-order chi connectivity index (χ1) is 12.1. The minimum Gasteiger partial charge on any atom is -0.392 e. The Morgan fingerprint density at radius 2 is 1.52 bits per heavy atom. The van der Waals surface area contributed by atoms with E-state index in [0.29, 0.717) is 0 Å². The number of rotatable bonds is 6.